The third-order valence-corrected chi connectivity index (χ3v) is 3.16. The van der Waals surface area contributed by atoms with Crippen molar-refractivity contribution in [3.8, 4) is 0 Å². The molecule has 0 unspecified atom stereocenters. The fourth-order valence-electron chi connectivity index (χ4n) is 1.94. The van der Waals surface area contributed by atoms with E-state index in [9.17, 15) is 4.79 Å². The molecule has 0 aliphatic rings. The monoisotopic (exact) mass is 249 g/mol. The van der Waals surface area contributed by atoms with Crippen LogP contribution in [0.2, 0.25) is 0 Å². The lowest BCUT2D eigenvalue weighted by Crippen LogP contribution is -2.23. The highest BCUT2D eigenvalue weighted by Gasteiger charge is 2.16. The average molecular weight is 249 g/mol. The highest BCUT2D eigenvalue weighted by Crippen LogP contribution is 2.26. The van der Waals surface area contributed by atoms with Gasteiger partial charge in [0.25, 0.3) is 0 Å². The fourth-order valence-corrected chi connectivity index (χ4v) is 1.94. The minimum absolute atomic E-state index is 0.143. The molecule has 18 heavy (non-hydrogen) atoms. The van der Waals surface area contributed by atoms with Gasteiger partial charge in [0.1, 0.15) is 0 Å². The minimum Gasteiger partial charge on any atom is -0.453 e. The van der Waals surface area contributed by atoms with Crippen molar-refractivity contribution < 1.29 is 9.53 Å². The predicted molar refractivity (Wildman–Crippen MR) is 73.9 cm³/mol. The second-order valence-electron chi connectivity index (χ2n) is 5.68. The molecule has 3 nitrogen and oxygen atoms in total. The van der Waals surface area contributed by atoms with Crippen LogP contribution in [-0.2, 0) is 16.7 Å². The molecule has 1 aromatic rings. The molecule has 0 aliphatic carbocycles. The van der Waals surface area contributed by atoms with E-state index >= 15 is 0 Å². The van der Waals surface area contributed by atoms with Crippen LogP contribution in [0.15, 0.2) is 12.1 Å². The van der Waals surface area contributed by atoms with Gasteiger partial charge in [0.05, 0.1) is 7.11 Å². The second kappa shape index (κ2) is 5.42. The molecule has 0 saturated carbocycles. The van der Waals surface area contributed by atoms with Gasteiger partial charge >= 0.3 is 6.09 Å². The van der Waals surface area contributed by atoms with Crippen molar-refractivity contribution in [2.24, 2.45) is 0 Å². The van der Waals surface area contributed by atoms with Gasteiger partial charge in [-0.25, -0.2) is 4.79 Å². The average Bonchev–Trinajstić information content (AvgIpc) is 2.26. The summed E-state index contributed by atoms with van der Waals surface area (Å²) in [5, 5.41) is 2.73. The van der Waals surface area contributed by atoms with E-state index in [1.165, 1.54) is 23.8 Å². The summed E-state index contributed by atoms with van der Waals surface area (Å²) in [6.07, 6.45) is -0.395. The third-order valence-electron chi connectivity index (χ3n) is 3.16. The Morgan fingerprint density at radius 1 is 1.22 bits per heavy atom. The van der Waals surface area contributed by atoms with E-state index in [0.717, 1.165) is 5.56 Å². The molecule has 0 spiro atoms. The van der Waals surface area contributed by atoms with Gasteiger partial charge in [-0.1, -0.05) is 32.9 Å². The van der Waals surface area contributed by atoms with Gasteiger partial charge in [-0.2, -0.15) is 0 Å². The Balaban J connectivity index is 2.98. The zero-order chi connectivity index (χ0) is 13.9. The SMILES string of the molecule is COC(=O)NCc1c(C)cc(C(C)(C)C)cc1C. The molecular formula is C15H23NO2. The van der Waals surface area contributed by atoms with Crippen LogP contribution in [0.1, 0.15) is 43.0 Å². The number of hydrogen-bond donors (Lipinski definition) is 1. The van der Waals surface area contributed by atoms with Crippen LogP contribution in [0.25, 0.3) is 0 Å². The maximum atomic E-state index is 11.1. The van der Waals surface area contributed by atoms with Gasteiger partial charge in [-0.15, -0.1) is 0 Å². The summed E-state index contributed by atoms with van der Waals surface area (Å²) in [6, 6.07) is 4.39. The zero-order valence-corrected chi connectivity index (χ0v) is 12.2. The highest BCUT2D eigenvalue weighted by atomic mass is 16.5. The normalized spacial score (nSPS) is 11.2. The number of nitrogens with one attached hydrogen (secondary N) is 1. The van der Waals surface area contributed by atoms with Crippen molar-refractivity contribution in [1.29, 1.82) is 0 Å². The topological polar surface area (TPSA) is 38.3 Å². The van der Waals surface area contributed by atoms with E-state index < -0.39 is 6.09 Å². The van der Waals surface area contributed by atoms with Crippen molar-refractivity contribution in [2.75, 3.05) is 7.11 Å². The first-order chi connectivity index (χ1) is 8.25. The quantitative estimate of drug-likeness (QED) is 0.871. The van der Waals surface area contributed by atoms with Gasteiger partial charge in [0, 0.05) is 6.54 Å². The molecule has 1 N–H and O–H groups in total. The summed E-state index contributed by atoms with van der Waals surface area (Å²) in [6.45, 7) is 11.3. The maximum absolute atomic E-state index is 11.1. The van der Waals surface area contributed by atoms with Crippen LogP contribution in [-0.4, -0.2) is 13.2 Å². The van der Waals surface area contributed by atoms with Crippen LogP contribution in [0, 0.1) is 13.8 Å². The maximum Gasteiger partial charge on any atom is 0.407 e. The van der Waals surface area contributed by atoms with Crippen molar-refractivity contribution >= 4 is 6.09 Å². The molecule has 0 aliphatic heterocycles. The summed E-state index contributed by atoms with van der Waals surface area (Å²) in [5.74, 6) is 0. The van der Waals surface area contributed by atoms with Crippen LogP contribution in [0.5, 0.6) is 0 Å². The number of rotatable bonds is 2. The Bertz CT molecular complexity index is 421. The van der Waals surface area contributed by atoms with Crippen LogP contribution >= 0.6 is 0 Å². The number of ether oxygens (including phenoxy) is 1. The van der Waals surface area contributed by atoms with Gasteiger partial charge in [0.2, 0.25) is 0 Å². The number of alkyl carbamates (subject to hydrolysis) is 1. The summed E-state index contributed by atoms with van der Waals surface area (Å²) in [5.41, 5.74) is 5.03. The number of carbonyl (C=O) groups is 1. The van der Waals surface area contributed by atoms with E-state index in [-0.39, 0.29) is 5.41 Å². The van der Waals surface area contributed by atoms with Crippen molar-refractivity contribution in [3.05, 3.63) is 34.4 Å². The molecule has 100 valence electrons. The molecule has 1 amide bonds. The highest BCUT2D eigenvalue weighted by molar-refractivity contribution is 5.67. The predicted octanol–water partition coefficient (Wildman–Crippen LogP) is 3.46. The van der Waals surface area contributed by atoms with Crippen LogP contribution < -0.4 is 5.32 Å². The Labute approximate surface area is 110 Å². The number of carbonyl (C=O) groups excluding carboxylic acids is 1. The molecule has 0 radical (unpaired) electrons. The number of amides is 1. The van der Waals surface area contributed by atoms with Crippen molar-refractivity contribution in [2.45, 2.75) is 46.6 Å². The molecule has 0 heterocycles. The van der Waals surface area contributed by atoms with Gasteiger partial charge < -0.3 is 10.1 Å². The summed E-state index contributed by atoms with van der Waals surface area (Å²) >= 11 is 0. The lowest BCUT2D eigenvalue weighted by molar-refractivity contribution is 0.170. The van der Waals surface area contributed by atoms with E-state index in [2.05, 4.69) is 56.8 Å². The molecule has 0 fully saturated rings. The molecule has 0 saturated heterocycles. The smallest absolute Gasteiger partial charge is 0.407 e. The minimum atomic E-state index is -0.395. The van der Waals surface area contributed by atoms with Gasteiger partial charge in [-0.05, 0) is 41.5 Å². The lowest BCUT2D eigenvalue weighted by Gasteiger charge is -2.22. The van der Waals surface area contributed by atoms with E-state index in [1.807, 2.05) is 0 Å². The van der Waals surface area contributed by atoms with E-state index in [4.69, 9.17) is 0 Å². The molecule has 1 rings (SSSR count). The molecule has 0 bridgehead atoms. The Morgan fingerprint density at radius 3 is 2.11 bits per heavy atom. The first-order valence-electron chi connectivity index (χ1n) is 6.18. The fraction of sp³-hybridized carbons (Fsp3) is 0.533. The zero-order valence-electron chi connectivity index (χ0n) is 12.2. The largest absolute Gasteiger partial charge is 0.453 e. The Morgan fingerprint density at radius 2 is 1.72 bits per heavy atom. The summed E-state index contributed by atoms with van der Waals surface area (Å²) < 4.78 is 4.58. The molecule has 1 aromatic carbocycles. The standard InChI is InChI=1S/C15H23NO2/c1-10-7-12(15(3,4)5)8-11(2)13(10)9-16-14(17)18-6/h7-8H,9H2,1-6H3,(H,16,17). The van der Waals surface area contributed by atoms with Gasteiger partial charge in [0.15, 0.2) is 0 Å². The molecule has 0 aromatic heterocycles. The first kappa shape index (κ1) is 14.6. The summed E-state index contributed by atoms with van der Waals surface area (Å²) in [7, 11) is 1.37. The van der Waals surface area contributed by atoms with Gasteiger partial charge in [-0.3, -0.25) is 0 Å². The lowest BCUT2D eigenvalue weighted by atomic mass is 9.84. The third kappa shape index (κ3) is 3.49. The Kier molecular flexibility index (Phi) is 4.38. The van der Waals surface area contributed by atoms with Crippen LogP contribution in [0.3, 0.4) is 0 Å². The number of benzene rings is 1. The molecule has 0 atom stereocenters. The second-order valence-corrected chi connectivity index (χ2v) is 5.68. The van der Waals surface area contributed by atoms with E-state index in [1.54, 1.807) is 0 Å². The number of methoxy groups -OCH3 is 1. The number of hydrogen-bond acceptors (Lipinski definition) is 2. The van der Waals surface area contributed by atoms with Crippen LogP contribution in [0.4, 0.5) is 4.79 Å². The number of aryl methyl sites for hydroxylation is 2. The molecule has 3 heteroatoms. The first-order valence-corrected chi connectivity index (χ1v) is 6.18. The summed E-state index contributed by atoms with van der Waals surface area (Å²) in [4.78, 5) is 11.1. The van der Waals surface area contributed by atoms with Crippen molar-refractivity contribution in [3.63, 3.8) is 0 Å². The Hall–Kier alpha value is -1.51. The van der Waals surface area contributed by atoms with E-state index in [0.29, 0.717) is 6.54 Å². The van der Waals surface area contributed by atoms with Crippen molar-refractivity contribution in [1.82, 2.24) is 5.32 Å². The molecular weight excluding hydrogens is 226 g/mol.